The van der Waals surface area contributed by atoms with E-state index in [9.17, 15) is 0 Å². The molecule has 0 N–H and O–H groups in total. The molecule has 1 saturated heterocycles. The SMILES string of the molecule is Cc1[c]ncn1CCN1CCOCC1. The van der Waals surface area contributed by atoms with Gasteiger partial charge in [0.05, 0.1) is 19.5 Å². The molecule has 2 rings (SSSR count). The predicted molar refractivity (Wildman–Crippen MR) is 53.1 cm³/mol. The Balaban J connectivity index is 1.79. The van der Waals surface area contributed by atoms with E-state index in [-0.39, 0.29) is 0 Å². The first kappa shape index (κ1) is 9.68. The molecular formula is C10H16N3O. The first-order chi connectivity index (χ1) is 6.86. The average Bonchev–Trinajstić information content (AvgIpc) is 2.63. The van der Waals surface area contributed by atoms with E-state index < -0.39 is 0 Å². The summed E-state index contributed by atoms with van der Waals surface area (Å²) >= 11 is 0. The predicted octanol–water partition coefficient (Wildman–Crippen LogP) is 0.324. The van der Waals surface area contributed by atoms with Crippen molar-refractivity contribution in [1.29, 1.82) is 0 Å². The second kappa shape index (κ2) is 4.57. The molecular weight excluding hydrogens is 178 g/mol. The van der Waals surface area contributed by atoms with Gasteiger partial charge in [0.25, 0.3) is 0 Å². The van der Waals surface area contributed by atoms with Gasteiger partial charge in [-0.1, -0.05) is 0 Å². The van der Waals surface area contributed by atoms with Crippen LogP contribution in [-0.2, 0) is 11.3 Å². The maximum absolute atomic E-state index is 5.29. The number of ether oxygens (including phenoxy) is 1. The topological polar surface area (TPSA) is 30.3 Å². The Morgan fingerprint density at radius 2 is 2.21 bits per heavy atom. The number of imidazole rings is 1. The van der Waals surface area contributed by atoms with Crippen molar-refractivity contribution in [2.24, 2.45) is 0 Å². The van der Waals surface area contributed by atoms with Crippen LogP contribution in [0.4, 0.5) is 0 Å². The Kier molecular flexibility index (Phi) is 3.16. The van der Waals surface area contributed by atoms with E-state index in [1.807, 2.05) is 13.3 Å². The van der Waals surface area contributed by atoms with Gasteiger partial charge in [-0.3, -0.25) is 4.90 Å². The molecule has 1 aromatic heterocycles. The number of aromatic nitrogens is 2. The van der Waals surface area contributed by atoms with Crippen LogP contribution in [0.2, 0.25) is 0 Å². The zero-order valence-electron chi connectivity index (χ0n) is 8.57. The number of hydrogen-bond acceptors (Lipinski definition) is 3. The summed E-state index contributed by atoms with van der Waals surface area (Å²) in [4.78, 5) is 6.40. The summed E-state index contributed by atoms with van der Waals surface area (Å²) in [7, 11) is 0. The summed E-state index contributed by atoms with van der Waals surface area (Å²) in [6.45, 7) is 7.96. The fourth-order valence-corrected chi connectivity index (χ4v) is 1.64. The first-order valence-electron chi connectivity index (χ1n) is 5.06. The summed E-state index contributed by atoms with van der Waals surface area (Å²) in [5.74, 6) is 0. The zero-order valence-corrected chi connectivity index (χ0v) is 8.57. The minimum atomic E-state index is 0.870. The molecule has 4 heteroatoms. The Hall–Kier alpha value is -0.870. The van der Waals surface area contributed by atoms with Crippen LogP contribution in [0.1, 0.15) is 5.69 Å². The van der Waals surface area contributed by atoms with Gasteiger partial charge in [0.15, 0.2) is 0 Å². The van der Waals surface area contributed by atoms with Crippen LogP contribution in [0.5, 0.6) is 0 Å². The van der Waals surface area contributed by atoms with Crippen LogP contribution in [0.3, 0.4) is 0 Å². The number of rotatable bonds is 3. The highest BCUT2D eigenvalue weighted by Gasteiger charge is 2.09. The highest BCUT2D eigenvalue weighted by atomic mass is 16.5. The normalized spacial score (nSPS) is 18.6. The van der Waals surface area contributed by atoms with Crippen LogP contribution in [0, 0.1) is 13.1 Å². The number of hydrogen-bond donors (Lipinski definition) is 0. The smallest absolute Gasteiger partial charge is 0.111 e. The Labute approximate surface area is 84.5 Å². The molecule has 0 bridgehead atoms. The van der Waals surface area contributed by atoms with Crippen molar-refractivity contribution in [2.45, 2.75) is 13.5 Å². The van der Waals surface area contributed by atoms with E-state index >= 15 is 0 Å². The minimum Gasteiger partial charge on any atom is -0.379 e. The van der Waals surface area contributed by atoms with E-state index in [0.29, 0.717) is 0 Å². The van der Waals surface area contributed by atoms with E-state index in [1.54, 1.807) is 0 Å². The molecule has 1 aliphatic heterocycles. The highest BCUT2D eigenvalue weighted by Crippen LogP contribution is 2.00. The van der Waals surface area contributed by atoms with Gasteiger partial charge >= 0.3 is 0 Å². The molecule has 77 valence electrons. The number of aryl methyl sites for hydroxylation is 1. The van der Waals surface area contributed by atoms with Gasteiger partial charge in [0.1, 0.15) is 6.20 Å². The lowest BCUT2D eigenvalue weighted by molar-refractivity contribution is 0.0363. The molecule has 0 amide bonds. The molecule has 0 spiro atoms. The Morgan fingerprint density at radius 1 is 1.43 bits per heavy atom. The zero-order chi connectivity index (χ0) is 9.80. The van der Waals surface area contributed by atoms with E-state index in [1.165, 1.54) is 0 Å². The van der Waals surface area contributed by atoms with Crippen molar-refractivity contribution in [3.8, 4) is 0 Å². The second-order valence-electron chi connectivity index (χ2n) is 3.59. The van der Waals surface area contributed by atoms with Crippen molar-refractivity contribution < 1.29 is 4.74 Å². The van der Waals surface area contributed by atoms with Crippen molar-refractivity contribution in [3.05, 3.63) is 18.2 Å². The van der Waals surface area contributed by atoms with E-state index in [4.69, 9.17) is 4.74 Å². The minimum absolute atomic E-state index is 0.870. The van der Waals surface area contributed by atoms with Crippen LogP contribution in [0.25, 0.3) is 0 Å². The maximum atomic E-state index is 5.29. The quantitative estimate of drug-likeness (QED) is 0.694. The lowest BCUT2D eigenvalue weighted by Crippen LogP contribution is -2.38. The summed E-state index contributed by atoms with van der Waals surface area (Å²) in [6.07, 6.45) is 4.77. The molecule has 0 aromatic carbocycles. The summed E-state index contributed by atoms with van der Waals surface area (Å²) in [5, 5.41) is 0. The van der Waals surface area contributed by atoms with E-state index in [0.717, 1.165) is 45.1 Å². The number of nitrogens with zero attached hydrogens (tertiary/aromatic N) is 3. The molecule has 0 saturated carbocycles. The Morgan fingerprint density at radius 3 is 2.86 bits per heavy atom. The lowest BCUT2D eigenvalue weighted by Gasteiger charge is -2.26. The van der Waals surface area contributed by atoms with Gasteiger partial charge in [-0.05, 0) is 6.92 Å². The number of morpholine rings is 1. The molecule has 0 atom stereocenters. The van der Waals surface area contributed by atoms with Crippen molar-refractivity contribution >= 4 is 0 Å². The third kappa shape index (κ3) is 2.33. The molecule has 14 heavy (non-hydrogen) atoms. The average molecular weight is 194 g/mol. The van der Waals surface area contributed by atoms with Gasteiger partial charge in [-0.25, -0.2) is 4.98 Å². The first-order valence-corrected chi connectivity index (χ1v) is 5.06. The van der Waals surface area contributed by atoms with Crippen molar-refractivity contribution in [2.75, 3.05) is 32.8 Å². The van der Waals surface area contributed by atoms with Crippen LogP contribution >= 0.6 is 0 Å². The van der Waals surface area contributed by atoms with E-state index in [2.05, 4.69) is 20.6 Å². The van der Waals surface area contributed by atoms with Gasteiger partial charge in [-0.15, -0.1) is 0 Å². The van der Waals surface area contributed by atoms with Crippen LogP contribution in [0.15, 0.2) is 6.33 Å². The van der Waals surface area contributed by atoms with Gasteiger partial charge < -0.3 is 9.30 Å². The fraction of sp³-hybridized carbons (Fsp3) is 0.700. The molecule has 4 nitrogen and oxygen atoms in total. The largest absolute Gasteiger partial charge is 0.379 e. The maximum Gasteiger partial charge on any atom is 0.111 e. The van der Waals surface area contributed by atoms with Crippen LogP contribution in [-0.4, -0.2) is 47.3 Å². The fourth-order valence-electron chi connectivity index (χ4n) is 1.64. The Bertz CT molecular complexity index is 279. The van der Waals surface area contributed by atoms with Crippen LogP contribution < -0.4 is 0 Å². The highest BCUT2D eigenvalue weighted by molar-refractivity contribution is 4.91. The summed E-state index contributed by atoms with van der Waals surface area (Å²) in [6, 6.07) is 0. The molecule has 1 aliphatic rings. The lowest BCUT2D eigenvalue weighted by atomic mass is 10.4. The third-order valence-corrected chi connectivity index (χ3v) is 2.62. The molecule has 1 radical (unpaired) electrons. The summed E-state index contributed by atoms with van der Waals surface area (Å²) in [5.41, 5.74) is 1.11. The third-order valence-electron chi connectivity index (χ3n) is 2.62. The molecule has 1 aromatic rings. The standard InChI is InChI=1S/C10H16N3O/c1-10-8-11-9-13(10)3-2-12-4-6-14-7-5-12/h9H,2-7H2,1H3. The summed E-state index contributed by atoms with van der Waals surface area (Å²) < 4.78 is 7.43. The van der Waals surface area contributed by atoms with Gasteiger partial charge in [0.2, 0.25) is 0 Å². The molecule has 0 unspecified atom stereocenters. The van der Waals surface area contributed by atoms with Gasteiger partial charge in [-0.2, -0.15) is 0 Å². The monoisotopic (exact) mass is 194 g/mol. The molecule has 0 aliphatic carbocycles. The van der Waals surface area contributed by atoms with Crippen molar-refractivity contribution in [3.63, 3.8) is 0 Å². The second-order valence-corrected chi connectivity index (χ2v) is 3.59. The molecule has 1 fully saturated rings. The van der Waals surface area contributed by atoms with Crippen molar-refractivity contribution in [1.82, 2.24) is 14.5 Å². The molecule has 2 heterocycles. The van der Waals surface area contributed by atoms with Gasteiger partial charge in [0, 0.05) is 31.9 Å².